The van der Waals surface area contributed by atoms with Crippen LogP contribution in [0, 0.1) is 6.92 Å². The van der Waals surface area contributed by atoms with E-state index in [1.807, 2.05) is 30.0 Å². The maximum Gasteiger partial charge on any atom is 0.138 e. The van der Waals surface area contributed by atoms with Gasteiger partial charge in [-0.05, 0) is 31.9 Å². The monoisotopic (exact) mass is 272 g/mol. The molecule has 0 aliphatic carbocycles. The SMILES string of the molecule is CCCCC(CC)Nc1ccc(-n2ccnc2C)nc1. The summed E-state index contributed by atoms with van der Waals surface area (Å²) in [5.74, 6) is 1.86. The molecule has 0 spiro atoms. The highest BCUT2D eigenvalue weighted by atomic mass is 15.1. The fourth-order valence-electron chi connectivity index (χ4n) is 2.30. The molecule has 1 unspecified atom stereocenters. The predicted molar refractivity (Wildman–Crippen MR) is 83.3 cm³/mol. The second-order valence-corrected chi connectivity index (χ2v) is 5.14. The lowest BCUT2D eigenvalue weighted by atomic mass is 10.1. The Morgan fingerprint density at radius 2 is 2.10 bits per heavy atom. The molecule has 2 rings (SSSR count). The fraction of sp³-hybridized carbons (Fsp3) is 0.500. The Morgan fingerprint density at radius 3 is 2.65 bits per heavy atom. The Hall–Kier alpha value is -1.84. The van der Waals surface area contributed by atoms with Gasteiger partial charge in [-0.1, -0.05) is 26.7 Å². The maximum atomic E-state index is 4.51. The second kappa shape index (κ2) is 7.08. The highest BCUT2D eigenvalue weighted by molar-refractivity contribution is 5.44. The van der Waals surface area contributed by atoms with Crippen LogP contribution in [0.4, 0.5) is 5.69 Å². The number of hydrogen-bond acceptors (Lipinski definition) is 3. The van der Waals surface area contributed by atoms with Crippen molar-refractivity contribution >= 4 is 5.69 Å². The number of nitrogens with zero attached hydrogens (tertiary/aromatic N) is 3. The fourth-order valence-corrected chi connectivity index (χ4v) is 2.30. The molecule has 0 bridgehead atoms. The minimum absolute atomic E-state index is 0.539. The highest BCUT2D eigenvalue weighted by Crippen LogP contribution is 2.15. The Balaban J connectivity index is 2.03. The van der Waals surface area contributed by atoms with Gasteiger partial charge < -0.3 is 5.32 Å². The summed E-state index contributed by atoms with van der Waals surface area (Å²) in [5, 5.41) is 3.56. The molecular weight excluding hydrogens is 248 g/mol. The summed E-state index contributed by atoms with van der Waals surface area (Å²) in [5.41, 5.74) is 1.09. The average molecular weight is 272 g/mol. The molecule has 0 radical (unpaired) electrons. The molecule has 4 heteroatoms. The average Bonchev–Trinajstić information content (AvgIpc) is 2.90. The molecule has 1 N–H and O–H groups in total. The van der Waals surface area contributed by atoms with Crippen LogP contribution in [0.5, 0.6) is 0 Å². The molecule has 0 amide bonds. The van der Waals surface area contributed by atoms with Gasteiger partial charge in [-0.25, -0.2) is 9.97 Å². The first kappa shape index (κ1) is 14.6. The van der Waals surface area contributed by atoms with E-state index in [0.29, 0.717) is 6.04 Å². The van der Waals surface area contributed by atoms with Crippen molar-refractivity contribution < 1.29 is 0 Å². The van der Waals surface area contributed by atoms with Gasteiger partial charge in [0.05, 0.1) is 11.9 Å². The Bertz CT molecular complexity index is 516. The molecule has 0 aliphatic rings. The first-order chi connectivity index (χ1) is 9.74. The molecule has 2 aromatic heterocycles. The lowest BCUT2D eigenvalue weighted by molar-refractivity contribution is 0.593. The zero-order valence-corrected chi connectivity index (χ0v) is 12.6. The van der Waals surface area contributed by atoms with Gasteiger partial charge in [0.15, 0.2) is 0 Å². The second-order valence-electron chi connectivity index (χ2n) is 5.14. The van der Waals surface area contributed by atoms with Gasteiger partial charge in [0.25, 0.3) is 0 Å². The zero-order valence-electron chi connectivity index (χ0n) is 12.6. The van der Waals surface area contributed by atoms with Crippen molar-refractivity contribution in [1.82, 2.24) is 14.5 Å². The largest absolute Gasteiger partial charge is 0.381 e. The Labute approximate surface area is 121 Å². The molecule has 20 heavy (non-hydrogen) atoms. The molecule has 0 aliphatic heterocycles. The van der Waals surface area contributed by atoms with Crippen LogP contribution in [0.1, 0.15) is 45.4 Å². The van der Waals surface area contributed by atoms with Crippen LogP contribution in [0.3, 0.4) is 0 Å². The quantitative estimate of drug-likeness (QED) is 0.829. The molecule has 4 nitrogen and oxygen atoms in total. The van der Waals surface area contributed by atoms with Crippen LogP contribution in [0.25, 0.3) is 5.82 Å². The van der Waals surface area contributed by atoms with E-state index in [2.05, 4.69) is 35.2 Å². The van der Waals surface area contributed by atoms with Crippen molar-refractivity contribution in [2.75, 3.05) is 5.32 Å². The zero-order chi connectivity index (χ0) is 14.4. The Kier molecular flexibility index (Phi) is 5.16. The van der Waals surface area contributed by atoms with E-state index in [1.165, 1.54) is 19.3 Å². The molecule has 0 saturated heterocycles. The number of nitrogens with one attached hydrogen (secondary N) is 1. The van der Waals surface area contributed by atoms with E-state index < -0.39 is 0 Å². The summed E-state index contributed by atoms with van der Waals surface area (Å²) in [6.45, 7) is 6.44. The topological polar surface area (TPSA) is 42.7 Å². The van der Waals surface area contributed by atoms with Crippen molar-refractivity contribution in [1.29, 1.82) is 0 Å². The third kappa shape index (κ3) is 3.59. The molecule has 0 saturated carbocycles. The summed E-state index contributed by atoms with van der Waals surface area (Å²) in [7, 11) is 0. The number of pyridine rings is 1. The molecular formula is C16H24N4. The van der Waals surface area contributed by atoms with E-state index in [1.54, 1.807) is 6.20 Å². The van der Waals surface area contributed by atoms with Crippen LogP contribution < -0.4 is 5.32 Å². The van der Waals surface area contributed by atoms with Gasteiger partial charge in [-0.2, -0.15) is 0 Å². The number of aromatic nitrogens is 3. The van der Waals surface area contributed by atoms with Gasteiger partial charge in [-0.3, -0.25) is 4.57 Å². The predicted octanol–water partition coefficient (Wildman–Crippen LogP) is 3.96. The van der Waals surface area contributed by atoms with Crippen LogP contribution in [-0.4, -0.2) is 20.6 Å². The Morgan fingerprint density at radius 1 is 1.25 bits per heavy atom. The van der Waals surface area contributed by atoms with Gasteiger partial charge in [0.2, 0.25) is 0 Å². The minimum atomic E-state index is 0.539. The molecule has 0 fully saturated rings. The lowest BCUT2D eigenvalue weighted by Gasteiger charge is -2.18. The summed E-state index contributed by atoms with van der Waals surface area (Å²) in [6, 6.07) is 4.66. The van der Waals surface area contributed by atoms with Crippen molar-refractivity contribution in [2.24, 2.45) is 0 Å². The molecule has 0 aromatic carbocycles. The first-order valence-corrected chi connectivity index (χ1v) is 7.47. The molecule has 2 aromatic rings. The molecule has 108 valence electrons. The summed E-state index contributed by atoms with van der Waals surface area (Å²) in [6.07, 6.45) is 10.5. The first-order valence-electron chi connectivity index (χ1n) is 7.47. The van der Waals surface area contributed by atoms with Crippen molar-refractivity contribution in [3.63, 3.8) is 0 Å². The van der Waals surface area contributed by atoms with Gasteiger partial charge in [0.1, 0.15) is 11.6 Å². The summed E-state index contributed by atoms with van der Waals surface area (Å²) >= 11 is 0. The van der Waals surface area contributed by atoms with Gasteiger partial charge in [-0.15, -0.1) is 0 Å². The standard InChI is InChI=1S/C16H24N4/c1-4-6-7-14(5-2)19-15-8-9-16(18-12-15)20-11-10-17-13(20)3/h8-12,14,19H,4-7H2,1-3H3. The third-order valence-electron chi connectivity index (χ3n) is 3.59. The summed E-state index contributed by atoms with van der Waals surface area (Å²) < 4.78 is 1.98. The van der Waals surface area contributed by atoms with Crippen molar-refractivity contribution in [3.05, 3.63) is 36.5 Å². The maximum absolute atomic E-state index is 4.51. The number of hydrogen-bond donors (Lipinski definition) is 1. The number of aryl methyl sites for hydroxylation is 1. The normalized spacial score (nSPS) is 12.3. The minimum Gasteiger partial charge on any atom is -0.381 e. The summed E-state index contributed by atoms with van der Waals surface area (Å²) in [4.78, 5) is 8.73. The lowest BCUT2D eigenvalue weighted by Crippen LogP contribution is -2.18. The van der Waals surface area contributed by atoms with E-state index >= 15 is 0 Å². The smallest absolute Gasteiger partial charge is 0.138 e. The van der Waals surface area contributed by atoms with E-state index in [9.17, 15) is 0 Å². The van der Waals surface area contributed by atoms with Gasteiger partial charge in [0, 0.05) is 18.4 Å². The van der Waals surface area contributed by atoms with Crippen LogP contribution in [-0.2, 0) is 0 Å². The molecule has 1 atom stereocenters. The van der Waals surface area contributed by atoms with Crippen LogP contribution >= 0.6 is 0 Å². The number of anilines is 1. The van der Waals surface area contributed by atoms with Crippen molar-refractivity contribution in [2.45, 2.75) is 52.5 Å². The van der Waals surface area contributed by atoms with Crippen LogP contribution in [0.2, 0.25) is 0 Å². The van der Waals surface area contributed by atoms with E-state index in [-0.39, 0.29) is 0 Å². The van der Waals surface area contributed by atoms with E-state index in [4.69, 9.17) is 0 Å². The van der Waals surface area contributed by atoms with Crippen LogP contribution in [0.15, 0.2) is 30.7 Å². The number of imidazole rings is 1. The van der Waals surface area contributed by atoms with E-state index in [0.717, 1.165) is 23.8 Å². The molecule has 2 heterocycles. The van der Waals surface area contributed by atoms with Gasteiger partial charge >= 0.3 is 0 Å². The number of rotatable bonds is 7. The number of unbranched alkanes of at least 4 members (excludes halogenated alkanes) is 1. The third-order valence-corrected chi connectivity index (χ3v) is 3.59. The highest BCUT2D eigenvalue weighted by Gasteiger charge is 2.06. The van der Waals surface area contributed by atoms with Crippen molar-refractivity contribution in [3.8, 4) is 5.82 Å².